The molecule has 5 rings (SSSR count). The first-order chi connectivity index (χ1) is 18.5. The van der Waals surface area contributed by atoms with Crippen LogP contribution in [0.3, 0.4) is 0 Å². The summed E-state index contributed by atoms with van der Waals surface area (Å²) in [4.78, 5) is 43.7. The molecule has 0 radical (unpaired) electrons. The molecule has 1 fully saturated rings. The first kappa shape index (κ1) is 26.6. The van der Waals surface area contributed by atoms with Crippen molar-refractivity contribution in [1.29, 1.82) is 0 Å². The lowest BCUT2D eigenvalue weighted by Gasteiger charge is -2.17. The third-order valence-corrected chi connectivity index (χ3v) is 6.19. The molecule has 1 atom stereocenters. The van der Waals surface area contributed by atoms with Crippen LogP contribution in [0.1, 0.15) is 12.1 Å². The number of hydrogen-bond donors (Lipinski definition) is 4. The van der Waals surface area contributed by atoms with E-state index in [4.69, 9.17) is 15.2 Å². The van der Waals surface area contributed by atoms with Crippen molar-refractivity contribution in [2.24, 2.45) is 0 Å². The number of carboxylic acids is 2. The summed E-state index contributed by atoms with van der Waals surface area (Å²) in [5.41, 5.74) is 4.67. The number of carbonyl (C=O) groups is 2. The average Bonchev–Trinajstić information content (AvgIpc) is 3.66. The number of nitrogens with one attached hydrogen (secondary N) is 2. The molecular weight excluding hydrogens is 510 g/mol. The van der Waals surface area contributed by atoms with E-state index in [1.807, 2.05) is 29.9 Å². The van der Waals surface area contributed by atoms with Gasteiger partial charge >= 0.3 is 11.9 Å². The zero-order valence-electron chi connectivity index (χ0n) is 20.3. The summed E-state index contributed by atoms with van der Waals surface area (Å²) >= 11 is 1.60. The van der Waals surface area contributed by atoms with Crippen molar-refractivity contribution in [3.63, 3.8) is 0 Å². The molecule has 1 aliphatic heterocycles. The van der Waals surface area contributed by atoms with Crippen LogP contribution in [-0.4, -0.2) is 88.8 Å². The maximum atomic E-state index is 9.55. The number of likely N-dealkylation sites (tertiary alicyclic amines) is 1. The summed E-state index contributed by atoms with van der Waals surface area (Å²) in [6, 6.07) is 6.10. The minimum Gasteiger partial charge on any atom is -0.478 e. The normalized spacial score (nSPS) is 15.3. The quantitative estimate of drug-likeness (QED) is 0.217. The maximum Gasteiger partial charge on any atom is 0.328 e. The van der Waals surface area contributed by atoms with Gasteiger partial charge in [-0.15, -0.1) is 11.3 Å². The Morgan fingerprint density at radius 3 is 2.55 bits per heavy atom. The second-order valence-corrected chi connectivity index (χ2v) is 9.01. The highest BCUT2D eigenvalue weighted by Gasteiger charge is 2.24. The van der Waals surface area contributed by atoms with Gasteiger partial charge in [-0.05, 0) is 24.6 Å². The van der Waals surface area contributed by atoms with Gasteiger partial charge in [-0.2, -0.15) is 0 Å². The fourth-order valence-electron chi connectivity index (χ4n) is 3.89. The van der Waals surface area contributed by atoms with Crippen LogP contribution in [0, 0.1) is 0 Å². The van der Waals surface area contributed by atoms with Crippen molar-refractivity contribution in [2.75, 3.05) is 36.8 Å². The third-order valence-electron chi connectivity index (χ3n) is 5.56. The van der Waals surface area contributed by atoms with Gasteiger partial charge in [-0.25, -0.2) is 34.5 Å². The monoisotopic (exact) mass is 537 g/mol. The minimum absolute atomic E-state index is 0.351. The smallest absolute Gasteiger partial charge is 0.328 e. The van der Waals surface area contributed by atoms with Crippen LogP contribution < -0.4 is 10.6 Å². The molecule has 0 saturated carbocycles. The average molecular weight is 538 g/mol. The van der Waals surface area contributed by atoms with E-state index in [0.717, 1.165) is 55.4 Å². The van der Waals surface area contributed by atoms with Crippen LogP contribution in [0.2, 0.25) is 0 Å². The number of anilines is 2. The lowest BCUT2D eigenvalue weighted by atomic mass is 10.3. The van der Waals surface area contributed by atoms with Crippen LogP contribution in [0.5, 0.6) is 0 Å². The van der Waals surface area contributed by atoms with E-state index < -0.39 is 11.9 Å². The van der Waals surface area contributed by atoms with Gasteiger partial charge < -0.3 is 20.8 Å². The Labute approximate surface area is 221 Å². The zero-order chi connectivity index (χ0) is 26.7. The number of fused-ring (bicyclic) bond motifs is 1. The third kappa shape index (κ3) is 7.78. The molecule has 0 bridgehead atoms. The molecular formula is C24H27N9O4S. The molecule has 0 spiro atoms. The Morgan fingerprint density at radius 1 is 1.08 bits per heavy atom. The molecule has 4 aromatic rings. The number of nitrogens with zero attached hydrogens (tertiary/aromatic N) is 7. The van der Waals surface area contributed by atoms with E-state index in [-0.39, 0.29) is 0 Å². The second-order valence-electron chi connectivity index (χ2n) is 8.29. The summed E-state index contributed by atoms with van der Waals surface area (Å²) in [7, 11) is 0. The summed E-state index contributed by atoms with van der Waals surface area (Å²) < 4.78 is 2.13. The van der Waals surface area contributed by atoms with Crippen molar-refractivity contribution in [1.82, 2.24) is 34.4 Å². The van der Waals surface area contributed by atoms with Gasteiger partial charge in [0.2, 0.25) is 11.9 Å². The predicted octanol–water partition coefficient (Wildman–Crippen LogP) is 2.04. The number of rotatable bonds is 10. The fourth-order valence-corrected chi connectivity index (χ4v) is 4.44. The zero-order valence-corrected chi connectivity index (χ0v) is 21.2. The molecule has 198 valence electrons. The maximum absolute atomic E-state index is 9.55. The largest absolute Gasteiger partial charge is 0.478 e. The van der Waals surface area contributed by atoms with Gasteiger partial charge in [0.25, 0.3) is 0 Å². The lowest BCUT2D eigenvalue weighted by molar-refractivity contribution is -0.134. The van der Waals surface area contributed by atoms with Crippen molar-refractivity contribution in [3.8, 4) is 0 Å². The van der Waals surface area contributed by atoms with Crippen LogP contribution in [0.4, 0.5) is 11.9 Å². The SMILES string of the molecule is O=C(O)/C=C/C(=O)O.c1cnc(NCCN2CCC(Nc3nc4cccnc4n3Cc3cscn3)C2)nc1. The minimum atomic E-state index is -1.26. The molecule has 0 aromatic carbocycles. The highest BCUT2D eigenvalue weighted by Crippen LogP contribution is 2.22. The predicted molar refractivity (Wildman–Crippen MR) is 142 cm³/mol. The van der Waals surface area contributed by atoms with Crippen LogP contribution in [-0.2, 0) is 16.1 Å². The van der Waals surface area contributed by atoms with Gasteiger partial charge in [0, 0.05) is 68.3 Å². The Kier molecular flexibility index (Phi) is 9.26. The number of pyridine rings is 1. The molecule has 1 aliphatic rings. The number of carboxylic acid groups (broad SMARTS) is 2. The van der Waals surface area contributed by atoms with Crippen LogP contribution in [0.15, 0.2) is 59.8 Å². The Morgan fingerprint density at radius 2 is 1.84 bits per heavy atom. The van der Waals surface area contributed by atoms with Gasteiger partial charge in [0.05, 0.1) is 17.7 Å². The Hall–Kier alpha value is -4.43. The first-order valence-electron chi connectivity index (χ1n) is 11.8. The fraction of sp³-hybridized carbons (Fsp3) is 0.292. The van der Waals surface area contributed by atoms with Crippen molar-refractivity contribution < 1.29 is 19.8 Å². The number of imidazole rings is 1. The van der Waals surface area contributed by atoms with E-state index >= 15 is 0 Å². The number of aliphatic carboxylic acids is 2. The molecule has 5 heterocycles. The number of thiazole rings is 1. The number of hydrogen-bond acceptors (Lipinski definition) is 11. The van der Waals surface area contributed by atoms with Crippen molar-refractivity contribution >= 4 is 46.3 Å². The van der Waals surface area contributed by atoms with E-state index in [2.05, 4.69) is 45.4 Å². The number of aromatic nitrogens is 6. The van der Waals surface area contributed by atoms with E-state index in [9.17, 15) is 9.59 Å². The van der Waals surface area contributed by atoms with Crippen molar-refractivity contribution in [2.45, 2.75) is 19.0 Å². The van der Waals surface area contributed by atoms with E-state index in [0.29, 0.717) is 30.7 Å². The molecule has 0 amide bonds. The summed E-state index contributed by atoms with van der Waals surface area (Å²) in [6.45, 7) is 4.47. The molecule has 1 unspecified atom stereocenters. The van der Waals surface area contributed by atoms with E-state index in [1.165, 1.54) is 0 Å². The summed E-state index contributed by atoms with van der Waals surface area (Å²) in [6.07, 6.45) is 7.50. The molecule has 1 saturated heterocycles. The van der Waals surface area contributed by atoms with Gasteiger partial charge in [-0.1, -0.05) is 0 Å². The van der Waals surface area contributed by atoms with Crippen LogP contribution >= 0.6 is 11.3 Å². The van der Waals surface area contributed by atoms with Crippen molar-refractivity contribution in [3.05, 3.63) is 65.5 Å². The lowest BCUT2D eigenvalue weighted by Crippen LogP contribution is -2.31. The van der Waals surface area contributed by atoms with Gasteiger partial charge in [0.1, 0.15) is 5.52 Å². The molecule has 0 aliphatic carbocycles. The highest BCUT2D eigenvalue weighted by molar-refractivity contribution is 7.07. The summed E-state index contributed by atoms with van der Waals surface area (Å²) in [5, 5.41) is 24.6. The molecule has 38 heavy (non-hydrogen) atoms. The molecule has 4 aromatic heterocycles. The standard InChI is InChI=1S/C20H23N9S.C4H4O4/c1-3-17-18(21-5-1)29(12-16-13-30-14-25-16)20(27-17)26-15-4-9-28(11-15)10-8-24-19-22-6-2-7-23-19;5-3(6)1-2-4(7)8/h1-3,5-7,13-15H,4,8-12H2,(H,26,27)(H,22,23,24);1-2H,(H,5,6)(H,7,8)/b;2-1+. The second kappa shape index (κ2) is 13.2. The Balaban J connectivity index is 0.000000368. The van der Waals surface area contributed by atoms with Gasteiger partial charge in [-0.3, -0.25) is 9.47 Å². The Bertz CT molecular complexity index is 1350. The van der Waals surface area contributed by atoms with Gasteiger partial charge in [0.15, 0.2) is 5.65 Å². The highest BCUT2D eigenvalue weighted by atomic mass is 32.1. The summed E-state index contributed by atoms with van der Waals surface area (Å²) in [5.74, 6) is -0.978. The molecule has 14 heteroatoms. The van der Waals surface area contributed by atoms with Crippen LogP contribution in [0.25, 0.3) is 11.2 Å². The topological polar surface area (TPSA) is 171 Å². The first-order valence-corrected chi connectivity index (χ1v) is 12.7. The molecule has 4 N–H and O–H groups in total. The van der Waals surface area contributed by atoms with E-state index in [1.54, 1.807) is 23.7 Å². The molecule has 13 nitrogen and oxygen atoms in total.